The molecule has 0 bridgehead atoms. The first-order chi connectivity index (χ1) is 13.8. The minimum atomic E-state index is -0.600. The van der Waals surface area contributed by atoms with Gasteiger partial charge in [0.1, 0.15) is 11.8 Å². The van der Waals surface area contributed by atoms with Gasteiger partial charge in [-0.3, -0.25) is 9.59 Å². The average Bonchev–Trinajstić information content (AvgIpc) is 2.70. The van der Waals surface area contributed by atoms with Crippen LogP contribution in [0.3, 0.4) is 0 Å². The van der Waals surface area contributed by atoms with Crippen molar-refractivity contribution in [2.45, 2.75) is 52.7 Å². The van der Waals surface area contributed by atoms with Crippen molar-refractivity contribution in [1.29, 1.82) is 0 Å². The number of amides is 2. The number of nitrogens with zero attached hydrogens (tertiary/aromatic N) is 1. The van der Waals surface area contributed by atoms with Crippen LogP contribution >= 0.6 is 22.6 Å². The number of hydrogen-bond donors (Lipinski definition) is 1. The first-order valence-electron chi connectivity index (χ1n) is 9.84. The quantitative estimate of drug-likeness (QED) is 0.514. The Morgan fingerprint density at radius 1 is 1.14 bits per heavy atom. The van der Waals surface area contributed by atoms with Crippen LogP contribution in [0.15, 0.2) is 48.5 Å². The lowest BCUT2D eigenvalue weighted by atomic mass is 10.1. The van der Waals surface area contributed by atoms with E-state index in [1.807, 2.05) is 69.3 Å². The van der Waals surface area contributed by atoms with E-state index in [0.717, 1.165) is 21.1 Å². The van der Waals surface area contributed by atoms with Crippen molar-refractivity contribution in [2.75, 3.05) is 6.61 Å². The zero-order valence-electron chi connectivity index (χ0n) is 17.4. The lowest BCUT2D eigenvalue weighted by Gasteiger charge is -2.29. The Balaban J connectivity index is 2.14. The Kier molecular flexibility index (Phi) is 8.95. The Bertz CT molecular complexity index is 823. The molecule has 0 spiro atoms. The SMILES string of the molecule is CCC(C)NC(=O)C(C)N(Cc1cccc(C)c1)C(=O)COc1ccc(I)cc1. The summed E-state index contributed by atoms with van der Waals surface area (Å²) in [7, 11) is 0. The van der Waals surface area contributed by atoms with Crippen LogP contribution in [0.25, 0.3) is 0 Å². The minimum Gasteiger partial charge on any atom is -0.484 e. The summed E-state index contributed by atoms with van der Waals surface area (Å²) in [6, 6.07) is 14.9. The average molecular weight is 508 g/mol. The van der Waals surface area contributed by atoms with Crippen molar-refractivity contribution >= 4 is 34.4 Å². The maximum absolute atomic E-state index is 13.0. The first-order valence-corrected chi connectivity index (χ1v) is 10.9. The Morgan fingerprint density at radius 3 is 2.45 bits per heavy atom. The van der Waals surface area contributed by atoms with Crippen molar-refractivity contribution in [3.63, 3.8) is 0 Å². The standard InChI is InChI=1S/C23H29IN2O3/c1-5-17(3)25-23(28)18(4)26(14-19-8-6-7-16(2)13-19)22(27)15-29-21-11-9-20(24)10-12-21/h6-13,17-18H,5,14-15H2,1-4H3,(H,25,28). The molecular weight excluding hydrogens is 479 g/mol. The molecule has 0 aliphatic heterocycles. The number of hydrogen-bond acceptors (Lipinski definition) is 3. The number of halogens is 1. The third kappa shape index (κ3) is 7.34. The van der Waals surface area contributed by atoms with E-state index in [9.17, 15) is 9.59 Å². The van der Waals surface area contributed by atoms with Gasteiger partial charge in [0.05, 0.1) is 0 Å². The molecule has 0 saturated carbocycles. The molecule has 5 nitrogen and oxygen atoms in total. The van der Waals surface area contributed by atoms with E-state index >= 15 is 0 Å². The van der Waals surface area contributed by atoms with Gasteiger partial charge in [0.2, 0.25) is 5.91 Å². The van der Waals surface area contributed by atoms with Crippen LogP contribution in [0, 0.1) is 10.5 Å². The van der Waals surface area contributed by atoms with Gasteiger partial charge in [0, 0.05) is 16.2 Å². The monoisotopic (exact) mass is 508 g/mol. The highest BCUT2D eigenvalue weighted by Gasteiger charge is 2.27. The van der Waals surface area contributed by atoms with Gasteiger partial charge in [-0.2, -0.15) is 0 Å². The molecule has 29 heavy (non-hydrogen) atoms. The van der Waals surface area contributed by atoms with Crippen LogP contribution in [-0.4, -0.2) is 35.4 Å². The van der Waals surface area contributed by atoms with E-state index in [2.05, 4.69) is 27.9 Å². The summed E-state index contributed by atoms with van der Waals surface area (Å²) in [5.74, 6) is 0.248. The number of rotatable bonds is 9. The Morgan fingerprint density at radius 2 is 1.83 bits per heavy atom. The van der Waals surface area contributed by atoms with Crippen molar-refractivity contribution < 1.29 is 14.3 Å². The summed E-state index contributed by atoms with van der Waals surface area (Å²) in [5, 5.41) is 2.97. The van der Waals surface area contributed by atoms with Crippen LogP contribution in [-0.2, 0) is 16.1 Å². The second-order valence-electron chi connectivity index (χ2n) is 7.25. The fourth-order valence-electron chi connectivity index (χ4n) is 2.81. The van der Waals surface area contributed by atoms with E-state index in [1.165, 1.54) is 0 Å². The Hall–Kier alpha value is -2.09. The smallest absolute Gasteiger partial charge is 0.261 e. The van der Waals surface area contributed by atoms with Crippen molar-refractivity contribution in [1.82, 2.24) is 10.2 Å². The summed E-state index contributed by atoms with van der Waals surface area (Å²) < 4.78 is 6.77. The lowest BCUT2D eigenvalue weighted by Crippen LogP contribution is -2.50. The molecule has 0 aliphatic carbocycles. The minimum absolute atomic E-state index is 0.0592. The van der Waals surface area contributed by atoms with Gasteiger partial charge in [-0.25, -0.2) is 0 Å². The number of benzene rings is 2. The fraction of sp³-hybridized carbons (Fsp3) is 0.391. The fourth-order valence-corrected chi connectivity index (χ4v) is 3.17. The number of nitrogens with one attached hydrogen (secondary N) is 1. The molecule has 2 unspecified atom stereocenters. The van der Waals surface area contributed by atoms with Gasteiger partial charge in [-0.15, -0.1) is 0 Å². The summed E-state index contributed by atoms with van der Waals surface area (Å²) in [5.41, 5.74) is 2.09. The molecular formula is C23H29IN2O3. The zero-order chi connectivity index (χ0) is 21.4. The zero-order valence-corrected chi connectivity index (χ0v) is 19.6. The number of carbonyl (C=O) groups excluding carboxylic acids is 2. The largest absolute Gasteiger partial charge is 0.484 e. The van der Waals surface area contributed by atoms with Gasteiger partial charge >= 0.3 is 0 Å². The van der Waals surface area contributed by atoms with E-state index in [4.69, 9.17) is 4.74 Å². The molecule has 2 aromatic rings. The molecule has 2 atom stereocenters. The molecule has 2 aromatic carbocycles. The van der Waals surface area contributed by atoms with Crippen LogP contribution in [0.2, 0.25) is 0 Å². The first kappa shape index (κ1) is 23.2. The number of ether oxygens (including phenoxy) is 1. The van der Waals surface area contributed by atoms with Gasteiger partial charge in [-0.05, 0) is 79.6 Å². The highest BCUT2D eigenvalue weighted by atomic mass is 127. The molecule has 0 heterocycles. The highest BCUT2D eigenvalue weighted by Crippen LogP contribution is 2.15. The van der Waals surface area contributed by atoms with Crippen molar-refractivity contribution in [3.05, 3.63) is 63.2 Å². The number of carbonyl (C=O) groups is 2. The molecule has 0 aromatic heterocycles. The van der Waals surface area contributed by atoms with E-state index in [-0.39, 0.29) is 24.5 Å². The maximum atomic E-state index is 13.0. The molecule has 0 saturated heterocycles. The van der Waals surface area contributed by atoms with Crippen LogP contribution in [0.1, 0.15) is 38.3 Å². The molecule has 6 heteroatoms. The van der Waals surface area contributed by atoms with Gasteiger partial charge in [0.25, 0.3) is 5.91 Å². The maximum Gasteiger partial charge on any atom is 0.261 e. The lowest BCUT2D eigenvalue weighted by molar-refractivity contribution is -0.142. The third-order valence-electron chi connectivity index (χ3n) is 4.78. The number of aryl methyl sites for hydroxylation is 1. The molecule has 1 N–H and O–H groups in total. The van der Waals surface area contributed by atoms with Crippen LogP contribution in [0.4, 0.5) is 0 Å². The summed E-state index contributed by atoms with van der Waals surface area (Å²) in [6.07, 6.45) is 0.834. The van der Waals surface area contributed by atoms with E-state index < -0.39 is 6.04 Å². The molecule has 2 rings (SSSR count). The van der Waals surface area contributed by atoms with Gasteiger partial charge in [0.15, 0.2) is 6.61 Å². The molecule has 0 radical (unpaired) electrons. The predicted molar refractivity (Wildman–Crippen MR) is 124 cm³/mol. The molecule has 0 fully saturated rings. The summed E-state index contributed by atoms with van der Waals surface area (Å²) >= 11 is 2.22. The third-order valence-corrected chi connectivity index (χ3v) is 5.50. The molecule has 156 valence electrons. The van der Waals surface area contributed by atoms with Gasteiger partial charge < -0.3 is 15.0 Å². The van der Waals surface area contributed by atoms with Crippen LogP contribution in [0.5, 0.6) is 5.75 Å². The van der Waals surface area contributed by atoms with Gasteiger partial charge in [-0.1, -0.05) is 36.8 Å². The highest BCUT2D eigenvalue weighted by molar-refractivity contribution is 14.1. The normalized spacial score (nSPS) is 12.7. The second-order valence-corrected chi connectivity index (χ2v) is 8.49. The van der Waals surface area contributed by atoms with E-state index in [1.54, 1.807) is 11.8 Å². The van der Waals surface area contributed by atoms with Crippen molar-refractivity contribution in [3.8, 4) is 5.75 Å². The van der Waals surface area contributed by atoms with E-state index in [0.29, 0.717) is 12.3 Å². The second kappa shape index (κ2) is 11.2. The molecule has 2 amide bonds. The van der Waals surface area contributed by atoms with Crippen LogP contribution < -0.4 is 10.1 Å². The predicted octanol–water partition coefficient (Wildman–Crippen LogP) is 4.31. The molecule has 0 aliphatic rings. The van der Waals surface area contributed by atoms with Crippen molar-refractivity contribution in [2.24, 2.45) is 0 Å². The summed E-state index contributed by atoms with van der Waals surface area (Å²) in [4.78, 5) is 27.3. The topological polar surface area (TPSA) is 58.6 Å². The Labute approximate surface area is 187 Å². The summed E-state index contributed by atoms with van der Waals surface area (Å²) in [6.45, 7) is 7.97.